The van der Waals surface area contributed by atoms with Gasteiger partial charge in [-0.2, -0.15) is 5.10 Å². The van der Waals surface area contributed by atoms with Crippen LogP contribution in [0.25, 0.3) is 0 Å². The average molecular weight is 402 g/mol. The second kappa shape index (κ2) is 9.57. The monoisotopic (exact) mass is 401 g/mol. The van der Waals surface area contributed by atoms with Gasteiger partial charge < -0.3 is 15.2 Å². The third-order valence-corrected chi connectivity index (χ3v) is 4.18. The Kier molecular flexibility index (Phi) is 7.17. The highest BCUT2D eigenvalue weighted by Gasteiger charge is 2.13. The Bertz CT molecular complexity index is 941. The van der Waals surface area contributed by atoms with Crippen molar-refractivity contribution in [2.75, 3.05) is 12.4 Å². The lowest BCUT2D eigenvalue weighted by Crippen LogP contribution is -2.32. The van der Waals surface area contributed by atoms with Crippen LogP contribution < -0.4 is 15.5 Å². The first-order valence-electron chi connectivity index (χ1n) is 8.27. The van der Waals surface area contributed by atoms with Crippen molar-refractivity contribution in [3.63, 3.8) is 0 Å². The third kappa shape index (κ3) is 5.34. The summed E-state index contributed by atoms with van der Waals surface area (Å²) in [6.45, 7) is 5.46. The Morgan fingerprint density at radius 1 is 1.29 bits per heavy atom. The quantitative estimate of drug-likeness (QED) is 0.299. The molecule has 0 aliphatic carbocycles. The Hall–Kier alpha value is -3.32. The Labute approximate surface area is 167 Å². The van der Waals surface area contributed by atoms with E-state index in [1.54, 1.807) is 36.4 Å². The van der Waals surface area contributed by atoms with Crippen LogP contribution in [0.15, 0.2) is 48.1 Å². The third-order valence-electron chi connectivity index (χ3n) is 3.78. The molecule has 0 bridgehead atoms. The van der Waals surface area contributed by atoms with Gasteiger partial charge in [0, 0.05) is 16.3 Å². The molecule has 8 heteroatoms. The standard InChI is InChI=1S/C20H20ClN3O4/c1-4-5-14-8-13(9-17(28-3)18(14)25)11-22-24-20(27)19(26)23-15-7-6-12(2)16(21)10-15/h4,6-11,25H,1,5H2,2-3H3,(H,23,26)(H,24,27)/b22-11+. The van der Waals surface area contributed by atoms with Gasteiger partial charge in [-0.15, -0.1) is 6.58 Å². The molecule has 28 heavy (non-hydrogen) atoms. The van der Waals surface area contributed by atoms with Crippen molar-refractivity contribution in [1.29, 1.82) is 0 Å². The van der Waals surface area contributed by atoms with Crippen molar-refractivity contribution in [3.05, 3.63) is 64.7 Å². The highest BCUT2D eigenvalue weighted by molar-refractivity contribution is 6.39. The van der Waals surface area contributed by atoms with Gasteiger partial charge in [-0.3, -0.25) is 9.59 Å². The molecule has 2 aromatic rings. The smallest absolute Gasteiger partial charge is 0.329 e. The summed E-state index contributed by atoms with van der Waals surface area (Å²) in [6, 6.07) is 8.14. The van der Waals surface area contributed by atoms with E-state index in [-0.39, 0.29) is 11.5 Å². The number of ether oxygens (including phenoxy) is 1. The molecule has 0 aliphatic rings. The fourth-order valence-corrected chi connectivity index (χ4v) is 2.49. The first kappa shape index (κ1) is 21.0. The Morgan fingerprint density at radius 3 is 2.68 bits per heavy atom. The molecule has 0 fully saturated rings. The minimum atomic E-state index is -0.940. The fourth-order valence-electron chi connectivity index (χ4n) is 2.31. The summed E-state index contributed by atoms with van der Waals surface area (Å²) in [7, 11) is 1.43. The summed E-state index contributed by atoms with van der Waals surface area (Å²) in [5.41, 5.74) is 4.56. The van der Waals surface area contributed by atoms with E-state index in [0.717, 1.165) is 5.56 Å². The molecule has 3 N–H and O–H groups in total. The van der Waals surface area contributed by atoms with Gasteiger partial charge in [0.15, 0.2) is 11.5 Å². The van der Waals surface area contributed by atoms with Gasteiger partial charge in [0.1, 0.15) is 0 Å². The molecule has 0 radical (unpaired) electrons. The first-order chi connectivity index (χ1) is 13.3. The zero-order chi connectivity index (χ0) is 20.7. The Balaban J connectivity index is 2.04. The van der Waals surface area contributed by atoms with E-state index in [1.807, 2.05) is 6.92 Å². The molecular formula is C20H20ClN3O4. The number of phenolic OH excluding ortho intramolecular Hbond substituents is 1. The molecule has 0 aliphatic heterocycles. The molecule has 0 atom stereocenters. The molecule has 2 aromatic carbocycles. The lowest BCUT2D eigenvalue weighted by atomic mass is 10.1. The largest absolute Gasteiger partial charge is 0.504 e. The number of phenols is 1. The van der Waals surface area contributed by atoms with Crippen LogP contribution in [0.5, 0.6) is 11.5 Å². The number of nitrogens with zero attached hydrogens (tertiary/aromatic N) is 1. The maximum absolute atomic E-state index is 11.9. The topological polar surface area (TPSA) is 100 Å². The van der Waals surface area contributed by atoms with Gasteiger partial charge in [-0.25, -0.2) is 5.43 Å². The van der Waals surface area contributed by atoms with Crippen LogP contribution in [-0.4, -0.2) is 30.2 Å². The number of carbonyl (C=O) groups is 2. The maximum Gasteiger partial charge on any atom is 0.329 e. The molecule has 2 rings (SSSR count). The van der Waals surface area contributed by atoms with Gasteiger partial charge in [-0.1, -0.05) is 23.7 Å². The number of benzene rings is 2. The van der Waals surface area contributed by atoms with Crippen molar-refractivity contribution in [2.45, 2.75) is 13.3 Å². The number of aryl methyl sites for hydroxylation is 1. The van der Waals surface area contributed by atoms with Crippen LogP contribution in [0, 0.1) is 6.92 Å². The summed E-state index contributed by atoms with van der Waals surface area (Å²) < 4.78 is 5.11. The van der Waals surface area contributed by atoms with Crippen LogP contribution in [0.2, 0.25) is 5.02 Å². The fraction of sp³-hybridized carbons (Fsp3) is 0.150. The lowest BCUT2D eigenvalue weighted by Gasteiger charge is -2.09. The van der Waals surface area contributed by atoms with E-state index >= 15 is 0 Å². The van der Waals surface area contributed by atoms with E-state index < -0.39 is 11.8 Å². The number of halogens is 1. The van der Waals surface area contributed by atoms with E-state index in [1.165, 1.54) is 13.3 Å². The van der Waals surface area contributed by atoms with Crippen molar-refractivity contribution in [3.8, 4) is 11.5 Å². The molecule has 0 heterocycles. The molecule has 146 valence electrons. The zero-order valence-electron chi connectivity index (χ0n) is 15.5. The van der Waals surface area contributed by atoms with E-state index in [4.69, 9.17) is 16.3 Å². The second-order valence-electron chi connectivity index (χ2n) is 5.84. The number of carbonyl (C=O) groups excluding carboxylic acids is 2. The van der Waals surface area contributed by atoms with Gasteiger partial charge in [0.05, 0.1) is 13.3 Å². The summed E-state index contributed by atoms with van der Waals surface area (Å²) in [5, 5.41) is 16.7. The molecule has 0 spiro atoms. The summed E-state index contributed by atoms with van der Waals surface area (Å²) in [4.78, 5) is 23.8. The number of hydrogen-bond acceptors (Lipinski definition) is 5. The number of nitrogens with one attached hydrogen (secondary N) is 2. The second-order valence-corrected chi connectivity index (χ2v) is 6.25. The normalized spacial score (nSPS) is 10.5. The van der Waals surface area contributed by atoms with Gasteiger partial charge >= 0.3 is 11.8 Å². The molecule has 0 aromatic heterocycles. The van der Waals surface area contributed by atoms with Crippen LogP contribution in [-0.2, 0) is 16.0 Å². The van der Waals surface area contributed by atoms with Gasteiger partial charge in [-0.05, 0) is 48.7 Å². The zero-order valence-corrected chi connectivity index (χ0v) is 16.2. The van der Waals surface area contributed by atoms with Crippen molar-refractivity contribution >= 4 is 35.3 Å². The van der Waals surface area contributed by atoms with Crippen LogP contribution in [0.4, 0.5) is 5.69 Å². The van der Waals surface area contributed by atoms with Gasteiger partial charge in [0.25, 0.3) is 0 Å². The average Bonchev–Trinajstić information content (AvgIpc) is 2.67. The molecule has 0 saturated heterocycles. The predicted molar refractivity (Wildman–Crippen MR) is 109 cm³/mol. The number of allylic oxidation sites excluding steroid dienone is 1. The summed E-state index contributed by atoms with van der Waals surface area (Å²) in [6.07, 6.45) is 3.40. The molecular weight excluding hydrogens is 382 g/mol. The molecule has 0 unspecified atom stereocenters. The van der Waals surface area contributed by atoms with Crippen LogP contribution in [0.3, 0.4) is 0 Å². The van der Waals surface area contributed by atoms with E-state index in [2.05, 4.69) is 22.4 Å². The minimum Gasteiger partial charge on any atom is -0.504 e. The van der Waals surface area contributed by atoms with Crippen molar-refractivity contribution in [1.82, 2.24) is 5.43 Å². The molecule has 2 amide bonds. The Morgan fingerprint density at radius 2 is 2.04 bits per heavy atom. The predicted octanol–water partition coefficient (Wildman–Crippen LogP) is 3.18. The maximum atomic E-state index is 11.9. The van der Waals surface area contributed by atoms with Crippen LogP contribution >= 0.6 is 11.6 Å². The van der Waals surface area contributed by atoms with Gasteiger partial charge in [0.2, 0.25) is 0 Å². The molecule has 0 saturated carbocycles. The highest BCUT2D eigenvalue weighted by Crippen LogP contribution is 2.31. The number of amides is 2. The first-order valence-corrected chi connectivity index (χ1v) is 8.64. The number of hydrogen-bond donors (Lipinski definition) is 3. The lowest BCUT2D eigenvalue weighted by molar-refractivity contribution is -0.136. The SMILES string of the molecule is C=CCc1cc(/C=N/NC(=O)C(=O)Nc2ccc(C)c(Cl)c2)cc(OC)c1O. The number of hydrazone groups is 1. The number of anilines is 1. The summed E-state index contributed by atoms with van der Waals surface area (Å²) >= 11 is 5.99. The number of methoxy groups -OCH3 is 1. The highest BCUT2D eigenvalue weighted by atomic mass is 35.5. The number of rotatable bonds is 6. The van der Waals surface area contributed by atoms with E-state index in [9.17, 15) is 14.7 Å². The van der Waals surface area contributed by atoms with Crippen molar-refractivity contribution < 1.29 is 19.4 Å². The van der Waals surface area contributed by atoms with Crippen molar-refractivity contribution in [2.24, 2.45) is 5.10 Å². The van der Waals surface area contributed by atoms with E-state index in [0.29, 0.717) is 28.3 Å². The molecule has 7 nitrogen and oxygen atoms in total. The minimum absolute atomic E-state index is 0.0136. The van der Waals surface area contributed by atoms with Crippen LogP contribution in [0.1, 0.15) is 16.7 Å². The number of aromatic hydroxyl groups is 1. The summed E-state index contributed by atoms with van der Waals surface area (Å²) in [5.74, 6) is -1.54.